The molecule has 2 N–H and O–H groups in total. The summed E-state index contributed by atoms with van der Waals surface area (Å²) >= 11 is 0. The second-order valence-electron chi connectivity index (χ2n) is 6.60. The zero-order valence-electron chi connectivity index (χ0n) is 15.9. The number of ether oxygens (including phenoxy) is 1. The first-order chi connectivity index (χ1) is 14.1. The number of aromatic nitrogens is 3. The van der Waals surface area contributed by atoms with Crippen LogP contribution in [0.25, 0.3) is 22.5 Å². The molecule has 2 aromatic heterocycles. The van der Waals surface area contributed by atoms with Crippen LogP contribution >= 0.6 is 0 Å². The van der Waals surface area contributed by atoms with E-state index in [-0.39, 0.29) is 11.5 Å². The van der Waals surface area contributed by atoms with Gasteiger partial charge in [-0.25, -0.2) is 9.97 Å². The third kappa shape index (κ3) is 4.16. The molecule has 0 fully saturated rings. The monoisotopic (exact) mass is 384 g/mol. The lowest BCUT2D eigenvalue weighted by Gasteiger charge is -2.09. The molecular formula is C23H20N4O2. The summed E-state index contributed by atoms with van der Waals surface area (Å²) in [5.41, 5.74) is 9.71. The summed E-state index contributed by atoms with van der Waals surface area (Å²) in [5.74, 6) is 0.874. The van der Waals surface area contributed by atoms with Crippen molar-refractivity contribution in [3.8, 4) is 28.3 Å². The van der Waals surface area contributed by atoms with Gasteiger partial charge in [-0.3, -0.25) is 4.79 Å². The molecule has 0 amide bonds. The highest BCUT2D eigenvalue weighted by Crippen LogP contribution is 2.26. The van der Waals surface area contributed by atoms with Crippen molar-refractivity contribution in [2.75, 3.05) is 12.8 Å². The van der Waals surface area contributed by atoms with Crippen LogP contribution in [0.3, 0.4) is 0 Å². The summed E-state index contributed by atoms with van der Waals surface area (Å²) < 4.78 is 6.94. The SMILES string of the molecule is COc1cccc(-c2cc(-c3ccn(Cc4ccccc4)c(=O)c3)nc(N)n2)c1. The number of anilines is 1. The molecule has 0 bridgehead atoms. The lowest BCUT2D eigenvalue weighted by Crippen LogP contribution is -2.19. The molecule has 0 spiro atoms. The van der Waals surface area contributed by atoms with Crippen LogP contribution in [0.4, 0.5) is 5.95 Å². The molecule has 0 saturated carbocycles. The molecule has 0 radical (unpaired) electrons. The van der Waals surface area contributed by atoms with Gasteiger partial charge in [-0.1, -0.05) is 42.5 Å². The van der Waals surface area contributed by atoms with E-state index < -0.39 is 0 Å². The Morgan fingerprint density at radius 2 is 1.62 bits per heavy atom. The molecule has 0 atom stereocenters. The average Bonchev–Trinajstić information content (AvgIpc) is 2.75. The van der Waals surface area contributed by atoms with Crippen molar-refractivity contribution in [3.05, 3.63) is 94.9 Å². The van der Waals surface area contributed by atoms with Gasteiger partial charge in [-0.15, -0.1) is 0 Å². The first-order valence-electron chi connectivity index (χ1n) is 9.16. The van der Waals surface area contributed by atoms with E-state index in [0.717, 1.165) is 16.9 Å². The van der Waals surface area contributed by atoms with Gasteiger partial charge in [0, 0.05) is 23.4 Å². The number of nitrogens with two attached hydrogens (primary N) is 1. The maximum absolute atomic E-state index is 12.6. The topological polar surface area (TPSA) is 83.0 Å². The average molecular weight is 384 g/mol. The van der Waals surface area contributed by atoms with E-state index in [1.807, 2.05) is 66.7 Å². The Balaban J connectivity index is 1.69. The summed E-state index contributed by atoms with van der Waals surface area (Å²) in [7, 11) is 1.61. The Morgan fingerprint density at radius 1 is 0.897 bits per heavy atom. The minimum absolute atomic E-state index is 0.105. The Morgan fingerprint density at radius 3 is 2.31 bits per heavy atom. The summed E-state index contributed by atoms with van der Waals surface area (Å²) in [6.45, 7) is 0.515. The molecule has 2 aromatic carbocycles. The fraction of sp³-hybridized carbons (Fsp3) is 0.0870. The van der Waals surface area contributed by atoms with Gasteiger partial charge < -0.3 is 15.0 Å². The fourth-order valence-electron chi connectivity index (χ4n) is 3.12. The highest BCUT2D eigenvalue weighted by molar-refractivity contribution is 5.69. The van der Waals surface area contributed by atoms with Crippen LogP contribution in [0.1, 0.15) is 5.56 Å². The Bertz CT molecular complexity index is 1200. The standard InChI is InChI=1S/C23H20N4O2/c1-29-19-9-5-8-17(12-19)20-14-21(26-23(24)25-20)18-10-11-27(22(28)13-18)15-16-6-3-2-4-7-16/h2-14H,15H2,1H3,(H2,24,25,26). The number of hydrogen-bond acceptors (Lipinski definition) is 5. The number of pyridine rings is 1. The van der Waals surface area contributed by atoms with E-state index in [0.29, 0.717) is 23.5 Å². The minimum atomic E-state index is -0.105. The van der Waals surface area contributed by atoms with Gasteiger partial charge in [0.05, 0.1) is 25.0 Å². The number of nitrogens with zero attached hydrogens (tertiary/aromatic N) is 3. The van der Waals surface area contributed by atoms with Crippen LogP contribution in [0.2, 0.25) is 0 Å². The van der Waals surface area contributed by atoms with Crippen molar-refractivity contribution in [2.45, 2.75) is 6.54 Å². The smallest absolute Gasteiger partial charge is 0.251 e. The third-order valence-corrected chi connectivity index (χ3v) is 4.60. The van der Waals surface area contributed by atoms with Crippen LogP contribution in [-0.2, 0) is 6.54 Å². The largest absolute Gasteiger partial charge is 0.497 e. The third-order valence-electron chi connectivity index (χ3n) is 4.60. The van der Waals surface area contributed by atoms with Crippen LogP contribution in [0.5, 0.6) is 5.75 Å². The molecule has 144 valence electrons. The Labute approximate surface area is 168 Å². The summed E-state index contributed by atoms with van der Waals surface area (Å²) in [6.07, 6.45) is 1.77. The summed E-state index contributed by atoms with van der Waals surface area (Å²) in [6, 6.07) is 22.7. The molecule has 0 aliphatic carbocycles. The number of hydrogen-bond donors (Lipinski definition) is 1. The molecule has 6 nitrogen and oxygen atoms in total. The predicted octanol–water partition coefficient (Wildman–Crippen LogP) is 3.61. The van der Waals surface area contributed by atoms with Gasteiger partial charge in [0.15, 0.2) is 0 Å². The van der Waals surface area contributed by atoms with E-state index in [9.17, 15) is 4.79 Å². The second-order valence-corrected chi connectivity index (χ2v) is 6.60. The van der Waals surface area contributed by atoms with E-state index in [2.05, 4.69) is 9.97 Å². The number of methoxy groups -OCH3 is 1. The van der Waals surface area contributed by atoms with Crippen molar-refractivity contribution in [1.82, 2.24) is 14.5 Å². The molecule has 6 heteroatoms. The molecule has 0 unspecified atom stereocenters. The van der Waals surface area contributed by atoms with Gasteiger partial charge >= 0.3 is 0 Å². The van der Waals surface area contributed by atoms with Crippen molar-refractivity contribution in [1.29, 1.82) is 0 Å². The van der Waals surface area contributed by atoms with Crippen molar-refractivity contribution < 1.29 is 4.74 Å². The van der Waals surface area contributed by atoms with Gasteiger partial charge in [-0.2, -0.15) is 0 Å². The highest BCUT2D eigenvalue weighted by Gasteiger charge is 2.09. The van der Waals surface area contributed by atoms with Gasteiger partial charge in [0.1, 0.15) is 5.75 Å². The maximum atomic E-state index is 12.6. The number of nitrogen functional groups attached to an aromatic ring is 1. The van der Waals surface area contributed by atoms with E-state index >= 15 is 0 Å². The first-order valence-corrected chi connectivity index (χ1v) is 9.16. The van der Waals surface area contributed by atoms with E-state index in [4.69, 9.17) is 10.5 Å². The van der Waals surface area contributed by atoms with E-state index in [1.165, 1.54) is 0 Å². The Hall–Kier alpha value is -3.93. The molecule has 0 saturated heterocycles. The lowest BCUT2D eigenvalue weighted by molar-refractivity contribution is 0.415. The van der Waals surface area contributed by atoms with Crippen molar-refractivity contribution in [2.24, 2.45) is 0 Å². The van der Waals surface area contributed by atoms with Crippen LogP contribution < -0.4 is 16.0 Å². The fourth-order valence-corrected chi connectivity index (χ4v) is 3.12. The molecular weight excluding hydrogens is 364 g/mol. The molecule has 4 rings (SSSR count). The zero-order chi connectivity index (χ0) is 20.2. The summed E-state index contributed by atoms with van der Waals surface area (Å²) in [4.78, 5) is 21.3. The quantitative estimate of drug-likeness (QED) is 0.568. The molecule has 29 heavy (non-hydrogen) atoms. The first kappa shape index (κ1) is 18.4. The van der Waals surface area contributed by atoms with Crippen molar-refractivity contribution >= 4 is 5.95 Å². The van der Waals surface area contributed by atoms with Crippen LogP contribution in [0, 0.1) is 0 Å². The zero-order valence-corrected chi connectivity index (χ0v) is 15.9. The molecule has 4 aromatic rings. The number of rotatable bonds is 5. The lowest BCUT2D eigenvalue weighted by atomic mass is 10.1. The normalized spacial score (nSPS) is 10.7. The van der Waals surface area contributed by atoms with Crippen LogP contribution in [-0.4, -0.2) is 21.6 Å². The molecule has 2 heterocycles. The van der Waals surface area contributed by atoms with Gasteiger partial charge in [0.25, 0.3) is 5.56 Å². The second kappa shape index (κ2) is 7.98. The Kier molecular flexibility index (Phi) is 5.07. The van der Waals surface area contributed by atoms with Crippen molar-refractivity contribution in [3.63, 3.8) is 0 Å². The highest BCUT2D eigenvalue weighted by atomic mass is 16.5. The molecule has 0 aliphatic rings. The predicted molar refractivity (Wildman–Crippen MR) is 114 cm³/mol. The number of benzene rings is 2. The van der Waals surface area contributed by atoms with Crippen LogP contribution in [0.15, 0.2) is 83.8 Å². The van der Waals surface area contributed by atoms with E-state index in [1.54, 1.807) is 23.9 Å². The summed E-state index contributed by atoms with van der Waals surface area (Å²) in [5, 5.41) is 0. The minimum Gasteiger partial charge on any atom is -0.497 e. The molecule has 0 aliphatic heterocycles. The maximum Gasteiger partial charge on any atom is 0.251 e. The van der Waals surface area contributed by atoms with Gasteiger partial charge in [-0.05, 0) is 29.8 Å². The van der Waals surface area contributed by atoms with Gasteiger partial charge in [0.2, 0.25) is 5.95 Å².